The Kier molecular flexibility index (Phi) is 11.3. The number of halogens is 1. The first kappa shape index (κ1) is 26.3. The van der Waals surface area contributed by atoms with Crippen molar-refractivity contribution < 1.29 is 14.3 Å². The summed E-state index contributed by atoms with van der Waals surface area (Å²) in [4.78, 5) is 19.2. The van der Waals surface area contributed by atoms with Gasteiger partial charge >= 0.3 is 0 Å². The molecule has 1 saturated carbocycles. The van der Waals surface area contributed by atoms with Crippen LogP contribution < -0.4 is 20.1 Å². The summed E-state index contributed by atoms with van der Waals surface area (Å²) in [6.07, 6.45) is 3.95. The highest BCUT2D eigenvalue weighted by atomic mass is 127. The number of rotatable bonds is 9. The average molecular weight is 532 g/mol. The average Bonchev–Trinajstić information content (AvgIpc) is 3.20. The minimum absolute atomic E-state index is 0. The smallest absolute Gasteiger partial charge is 0.230 e. The molecule has 0 bridgehead atoms. The second-order valence-corrected chi connectivity index (χ2v) is 7.87. The van der Waals surface area contributed by atoms with Crippen LogP contribution in [-0.2, 0) is 4.79 Å². The van der Waals surface area contributed by atoms with Crippen molar-refractivity contribution in [2.45, 2.75) is 45.6 Å². The van der Waals surface area contributed by atoms with Crippen LogP contribution in [0.5, 0.6) is 11.5 Å². The van der Waals surface area contributed by atoms with E-state index in [0.717, 1.165) is 49.7 Å². The molecule has 1 fully saturated rings. The Morgan fingerprint density at radius 3 is 2.30 bits per heavy atom. The number of nitrogens with one attached hydrogen (secondary N) is 2. The molecule has 30 heavy (non-hydrogen) atoms. The minimum Gasteiger partial charge on any atom is -0.497 e. The number of methoxy groups -OCH3 is 1. The summed E-state index contributed by atoms with van der Waals surface area (Å²) >= 11 is 0. The van der Waals surface area contributed by atoms with Gasteiger partial charge < -0.3 is 25.0 Å². The van der Waals surface area contributed by atoms with Crippen LogP contribution in [-0.4, -0.2) is 63.7 Å². The van der Waals surface area contributed by atoms with Crippen LogP contribution in [0.25, 0.3) is 0 Å². The van der Waals surface area contributed by atoms with Gasteiger partial charge in [0.25, 0.3) is 0 Å². The van der Waals surface area contributed by atoms with Gasteiger partial charge in [0.15, 0.2) is 5.96 Å². The maximum absolute atomic E-state index is 12.7. The van der Waals surface area contributed by atoms with Crippen molar-refractivity contribution in [3.63, 3.8) is 0 Å². The number of benzene rings is 1. The van der Waals surface area contributed by atoms with E-state index in [1.807, 2.05) is 52.2 Å². The van der Waals surface area contributed by atoms with E-state index in [1.165, 1.54) is 0 Å². The molecule has 0 saturated heterocycles. The first-order valence-electron chi connectivity index (χ1n) is 10.4. The van der Waals surface area contributed by atoms with E-state index in [-0.39, 0.29) is 41.4 Å². The van der Waals surface area contributed by atoms with E-state index in [2.05, 4.69) is 10.6 Å². The molecule has 1 amide bonds. The maximum atomic E-state index is 12.7. The highest BCUT2D eigenvalue weighted by molar-refractivity contribution is 14.0. The molecule has 1 atom stereocenters. The highest BCUT2D eigenvalue weighted by Gasteiger charge is 2.42. The number of guanidine groups is 1. The minimum atomic E-state index is -0.364. The summed E-state index contributed by atoms with van der Waals surface area (Å²) in [6.45, 7) is 5.91. The van der Waals surface area contributed by atoms with Crippen LogP contribution in [0.3, 0.4) is 0 Å². The third-order valence-corrected chi connectivity index (χ3v) is 5.26. The SMILES string of the molecule is CCNC(=NCC1(C(=O)N(C)C)CCCC1)NCC(C)Oc1ccc(OC)cc1.I. The molecule has 170 valence electrons. The molecule has 0 radical (unpaired) electrons. The molecule has 0 heterocycles. The Labute approximate surface area is 198 Å². The van der Waals surface area contributed by atoms with Gasteiger partial charge in [0, 0.05) is 20.6 Å². The van der Waals surface area contributed by atoms with Crippen LogP contribution in [0.2, 0.25) is 0 Å². The van der Waals surface area contributed by atoms with Crippen molar-refractivity contribution in [2.75, 3.05) is 40.8 Å². The summed E-state index contributed by atoms with van der Waals surface area (Å²) in [5, 5.41) is 6.61. The summed E-state index contributed by atoms with van der Waals surface area (Å²) in [6, 6.07) is 7.55. The number of carbonyl (C=O) groups is 1. The number of ether oxygens (including phenoxy) is 2. The zero-order valence-electron chi connectivity index (χ0n) is 18.9. The first-order chi connectivity index (χ1) is 13.9. The molecule has 2 rings (SSSR count). The van der Waals surface area contributed by atoms with E-state index in [0.29, 0.717) is 13.1 Å². The maximum Gasteiger partial charge on any atom is 0.230 e. The van der Waals surface area contributed by atoms with E-state index in [9.17, 15) is 4.79 Å². The van der Waals surface area contributed by atoms with Gasteiger partial charge in [-0.2, -0.15) is 0 Å². The van der Waals surface area contributed by atoms with Gasteiger partial charge in [0.05, 0.1) is 25.6 Å². The molecular formula is C22H37IN4O3. The zero-order chi connectivity index (χ0) is 21.3. The molecule has 8 heteroatoms. The molecule has 1 aromatic rings. The van der Waals surface area contributed by atoms with Gasteiger partial charge in [-0.3, -0.25) is 9.79 Å². The van der Waals surface area contributed by atoms with Crippen molar-refractivity contribution in [3.05, 3.63) is 24.3 Å². The van der Waals surface area contributed by atoms with Gasteiger partial charge in [0.1, 0.15) is 17.6 Å². The van der Waals surface area contributed by atoms with Gasteiger partial charge in [-0.1, -0.05) is 12.8 Å². The molecule has 1 aliphatic carbocycles. The fraction of sp³-hybridized carbons (Fsp3) is 0.636. The molecule has 7 nitrogen and oxygen atoms in total. The fourth-order valence-corrected chi connectivity index (χ4v) is 3.71. The monoisotopic (exact) mass is 532 g/mol. The summed E-state index contributed by atoms with van der Waals surface area (Å²) in [5.74, 6) is 2.50. The molecule has 0 spiro atoms. The number of amides is 1. The van der Waals surface area contributed by atoms with Gasteiger partial charge in [-0.15, -0.1) is 24.0 Å². The Morgan fingerprint density at radius 2 is 1.77 bits per heavy atom. The molecule has 1 aliphatic rings. The summed E-state index contributed by atoms with van der Waals surface area (Å²) in [5.41, 5.74) is -0.364. The zero-order valence-corrected chi connectivity index (χ0v) is 21.2. The predicted molar refractivity (Wildman–Crippen MR) is 132 cm³/mol. The molecule has 2 N–H and O–H groups in total. The fourth-order valence-electron chi connectivity index (χ4n) is 3.71. The molecule has 0 aliphatic heterocycles. The lowest BCUT2D eigenvalue weighted by molar-refractivity contribution is -0.138. The van der Waals surface area contributed by atoms with Gasteiger partial charge in [0.2, 0.25) is 5.91 Å². The Hall–Kier alpha value is -1.71. The van der Waals surface area contributed by atoms with Crippen LogP contribution >= 0.6 is 24.0 Å². The topological polar surface area (TPSA) is 75.2 Å². The number of carbonyl (C=O) groups excluding carboxylic acids is 1. The molecule has 1 aromatic carbocycles. The van der Waals surface area contributed by atoms with E-state index in [4.69, 9.17) is 14.5 Å². The lowest BCUT2D eigenvalue weighted by atomic mass is 9.85. The van der Waals surface area contributed by atoms with Crippen molar-refractivity contribution in [1.29, 1.82) is 0 Å². The van der Waals surface area contributed by atoms with E-state index >= 15 is 0 Å². The van der Waals surface area contributed by atoms with E-state index < -0.39 is 0 Å². The molecule has 1 unspecified atom stereocenters. The standard InChI is InChI=1S/C22H36N4O3.HI/c1-6-23-21(25-16-22(13-7-8-14-22)20(27)26(3)4)24-15-17(2)29-19-11-9-18(28-5)10-12-19;/h9-12,17H,6-8,13-16H2,1-5H3,(H2,23,24,25);1H. The van der Waals surface area contributed by atoms with Crippen LogP contribution in [0.4, 0.5) is 0 Å². The van der Waals surface area contributed by atoms with Gasteiger partial charge in [-0.05, 0) is 51.0 Å². The number of aliphatic imine (C=N–C) groups is 1. The third-order valence-electron chi connectivity index (χ3n) is 5.26. The van der Waals surface area contributed by atoms with Crippen LogP contribution in [0.1, 0.15) is 39.5 Å². The number of nitrogens with zero attached hydrogens (tertiary/aromatic N) is 2. The second-order valence-electron chi connectivity index (χ2n) is 7.87. The van der Waals surface area contributed by atoms with Crippen molar-refractivity contribution in [2.24, 2.45) is 10.4 Å². The largest absolute Gasteiger partial charge is 0.497 e. The van der Waals surface area contributed by atoms with Gasteiger partial charge in [-0.25, -0.2) is 0 Å². The summed E-state index contributed by atoms with van der Waals surface area (Å²) < 4.78 is 11.1. The van der Waals surface area contributed by atoms with Crippen molar-refractivity contribution in [3.8, 4) is 11.5 Å². The Bertz CT molecular complexity index is 673. The lowest BCUT2D eigenvalue weighted by Gasteiger charge is -2.29. The second kappa shape index (κ2) is 12.9. The Morgan fingerprint density at radius 1 is 1.17 bits per heavy atom. The first-order valence-corrected chi connectivity index (χ1v) is 10.4. The predicted octanol–water partition coefficient (Wildman–Crippen LogP) is 3.28. The normalized spacial score (nSPS) is 16.2. The van der Waals surface area contributed by atoms with Crippen LogP contribution in [0.15, 0.2) is 29.3 Å². The third kappa shape index (κ3) is 7.52. The lowest BCUT2D eigenvalue weighted by Crippen LogP contribution is -2.44. The quantitative estimate of drug-likeness (QED) is 0.290. The molecule has 0 aromatic heterocycles. The molecular weight excluding hydrogens is 495 g/mol. The van der Waals surface area contributed by atoms with Crippen molar-refractivity contribution in [1.82, 2.24) is 15.5 Å². The Balaban J connectivity index is 0.00000450. The highest BCUT2D eigenvalue weighted by Crippen LogP contribution is 2.39. The van der Waals surface area contributed by atoms with Crippen molar-refractivity contribution >= 4 is 35.8 Å². The summed E-state index contributed by atoms with van der Waals surface area (Å²) in [7, 11) is 5.30. The van der Waals surface area contributed by atoms with Crippen LogP contribution in [0, 0.1) is 5.41 Å². The number of hydrogen-bond acceptors (Lipinski definition) is 4. The van der Waals surface area contributed by atoms with E-state index in [1.54, 1.807) is 12.0 Å². The number of hydrogen-bond donors (Lipinski definition) is 2.